The first-order chi connectivity index (χ1) is 10.2. The van der Waals surface area contributed by atoms with Crippen LogP contribution in [0.3, 0.4) is 0 Å². The van der Waals surface area contributed by atoms with Gasteiger partial charge in [0.2, 0.25) is 0 Å². The number of aromatic amines is 1. The van der Waals surface area contributed by atoms with Crippen LogP contribution >= 0.6 is 0 Å². The molecular weight excluding hydrogens is 266 g/mol. The molecule has 0 unspecified atom stereocenters. The summed E-state index contributed by atoms with van der Waals surface area (Å²) in [5, 5.41) is 22.0. The molecule has 0 bridgehead atoms. The molecule has 0 radical (unpaired) electrons. The second-order valence-electron chi connectivity index (χ2n) is 5.12. The lowest BCUT2D eigenvalue weighted by Crippen LogP contribution is -2.21. The van der Waals surface area contributed by atoms with E-state index in [4.69, 9.17) is 0 Å². The third-order valence-corrected chi connectivity index (χ3v) is 3.09. The van der Waals surface area contributed by atoms with Crippen molar-refractivity contribution in [3.8, 4) is 16.9 Å². The molecule has 0 atom stereocenters. The first-order valence-corrected chi connectivity index (χ1v) is 6.84. The Morgan fingerprint density at radius 2 is 2.19 bits per heavy atom. The van der Waals surface area contributed by atoms with Gasteiger partial charge in [-0.25, -0.2) is 4.68 Å². The van der Waals surface area contributed by atoms with Crippen LogP contribution in [0.2, 0.25) is 0 Å². The van der Waals surface area contributed by atoms with E-state index in [1.54, 1.807) is 11.0 Å². The molecule has 1 aromatic carbocycles. The molecule has 7 nitrogen and oxygen atoms in total. The maximum atomic E-state index is 4.36. The van der Waals surface area contributed by atoms with E-state index in [9.17, 15) is 0 Å². The summed E-state index contributed by atoms with van der Waals surface area (Å²) >= 11 is 0. The van der Waals surface area contributed by atoms with Crippen LogP contribution in [0.1, 0.15) is 19.5 Å². The molecule has 0 spiro atoms. The van der Waals surface area contributed by atoms with Gasteiger partial charge in [0, 0.05) is 23.8 Å². The number of nitrogens with zero attached hydrogens (tertiary/aromatic N) is 5. The maximum Gasteiger partial charge on any atom is 0.143 e. The number of H-pyrrole nitrogens is 1. The molecule has 0 aliphatic carbocycles. The highest BCUT2D eigenvalue weighted by molar-refractivity contribution is 5.62. The molecule has 0 aliphatic heterocycles. The Hall–Kier alpha value is -2.54. The van der Waals surface area contributed by atoms with Gasteiger partial charge in [-0.2, -0.15) is 5.10 Å². The smallest absolute Gasteiger partial charge is 0.143 e. The second-order valence-corrected chi connectivity index (χ2v) is 5.12. The zero-order valence-electron chi connectivity index (χ0n) is 12.0. The van der Waals surface area contributed by atoms with Crippen molar-refractivity contribution in [2.75, 3.05) is 0 Å². The summed E-state index contributed by atoms with van der Waals surface area (Å²) in [6.45, 7) is 5.01. The Kier molecular flexibility index (Phi) is 3.74. The van der Waals surface area contributed by atoms with Crippen LogP contribution in [0.15, 0.2) is 36.7 Å². The van der Waals surface area contributed by atoms with Crippen LogP contribution in [0.5, 0.6) is 0 Å². The predicted octanol–water partition coefficient (Wildman–Crippen LogP) is 1.55. The maximum absolute atomic E-state index is 4.36. The van der Waals surface area contributed by atoms with Gasteiger partial charge in [0.05, 0.1) is 11.4 Å². The fourth-order valence-corrected chi connectivity index (χ4v) is 2.00. The third-order valence-electron chi connectivity index (χ3n) is 3.09. The van der Waals surface area contributed by atoms with Crippen molar-refractivity contribution < 1.29 is 0 Å². The summed E-state index contributed by atoms with van der Waals surface area (Å²) in [6.07, 6.45) is 1.57. The van der Waals surface area contributed by atoms with Gasteiger partial charge in [0.15, 0.2) is 0 Å². The molecule has 2 aromatic heterocycles. The minimum absolute atomic E-state index is 0.444. The number of rotatable bonds is 5. The molecule has 108 valence electrons. The lowest BCUT2D eigenvalue weighted by atomic mass is 10.1. The van der Waals surface area contributed by atoms with Crippen LogP contribution in [0.25, 0.3) is 16.9 Å². The first-order valence-electron chi connectivity index (χ1n) is 6.84. The molecule has 2 heterocycles. The van der Waals surface area contributed by atoms with Gasteiger partial charge in [0.25, 0.3) is 0 Å². The van der Waals surface area contributed by atoms with E-state index in [2.05, 4.69) is 44.9 Å². The zero-order chi connectivity index (χ0) is 14.7. The van der Waals surface area contributed by atoms with Crippen LogP contribution < -0.4 is 5.32 Å². The Balaban J connectivity index is 1.82. The van der Waals surface area contributed by atoms with Crippen LogP contribution in [-0.2, 0) is 6.54 Å². The molecule has 0 saturated heterocycles. The summed E-state index contributed by atoms with van der Waals surface area (Å²) in [5.74, 6) is 0. The fraction of sp³-hybridized carbons (Fsp3) is 0.286. The lowest BCUT2D eigenvalue weighted by molar-refractivity contribution is 0.580. The van der Waals surface area contributed by atoms with Crippen molar-refractivity contribution >= 4 is 0 Å². The highest BCUT2D eigenvalue weighted by Gasteiger charge is 2.06. The fourth-order valence-electron chi connectivity index (χ4n) is 2.00. The summed E-state index contributed by atoms with van der Waals surface area (Å²) in [4.78, 5) is 0. The van der Waals surface area contributed by atoms with E-state index in [-0.39, 0.29) is 0 Å². The van der Waals surface area contributed by atoms with E-state index >= 15 is 0 Å². The average molecular weight is 283 g/mol. The van der Waals surface area contributed by atoms with E-state index < -0.39 is 0 Å². The third kappa shape index (κ3) is 3.14. The second kappa shape index (κ2) is 5.84. The number of benzene rings is 1. The highest BCUT2D eigenvalue weighted by Crippen LogP contribution is 2.20. The number of nitrogens with one attached hydrogen (secondary N) is 2. The van der Waals surface area contributed by atoms with Gasteiger partial charge in [0.1, 0.15) is 6.33 Å². The van der Waals surface area contributed by atoms with Gasteiger partial charge in [-0.3, -0.25) is 5.10 Å². The zero-order valence-corrected chi connectivity index (χ0v) is 12.0. The van der Waals surface area contributed by atoms with E-state index in [1.165, 1.54) is 0 Å². The Bertz CT molecular complexity index is 700. The molecule has 3 aromatic rings. The molecular formula is C14H17N7. The summed E-state index contributed by atoms with van der Waals surface area (Å²) in [7, 11) is 0. The molecule has 21 heavy (non-hydrogen) atoms. The van der Waals surface area contributed by atoms with Crippen LogP contribution in [0, 0.1) is 0 Å². The number of aromatic nitrogens is 6. The first kappa shape index (κ1) is 13.4. The predicted molar refractivity (Wildman–Crippen MR) is 78.7 cm³/mol. The van der Waals surface area contributed by atoms with Crippen molar-refractivity contribution in [3.05, 3.63) is 42.4 Å². The van der Waals surface area contributed by atoms with Gasteiger partial charge in [-0.05, 0) is 28.6 Å². The molecule has 0 fully saturated rings. The standard InChI is InChI=1S/C14H17N7/c1-10(2)15-8-12-7-14(18-17-12)11-4-3-5-13(6-11)21-9-16-19-20-21/h3-7,9-10,15H,8H2,1-2H3,(H,17,18). The number of tetrazole rings is 1. The average Bonchev–Trinajstić information content (AvgIpc) is 3.17. The van der Waals surface area contributed by atoms with E-state index in [0.717, 1.165) is 29.2 Å². The SMILES string of the molecule is CC(C)NCc1cc(-c2cccc(-n3cnnn3)c2)n[nH]1. The van der Waals surface area contributed by atoms with Gasteiger partial charge >= 0.3 is 0 Å². The number of hydrogen-bond donors (Lipinski definition) is 2. The monoisotopic (exact) mass is 283 g/mol. The van der Waals surface area contributed by atoms with Crippen molar-refractivity contribution in [2.24, 2.45) is 0 Å². The Morgan fingerprint density at radius 1 is 1.29 bits per heavy atom. The summed E-state index contributed by atoms with van der Waals surface area (Å²) in [6, 6.07) is 10.4. The van der Waals surface area contributed by atoms with Gasteiger partial charge < -0.3 is 5.32 Å². The Labute approximate surface area is 122 Å². The molecule has 2 N–H and O–H groups in total. The quantitative estimate of drug-likeness (QED) is 0.742. The minimum Gasteiger partial charge on any atom is -0.309 e. The highest BCUT2D eigenvalue weighted by atomic mass is 15.5. The minimum atomic E-state index is 0.444. The summed E-state index contributed by atoms with van der Waals surface area (Å²) < 4.78 is 1.62. The van der Waals surface area contributed by atoms with Crippen LogP contribution in [-0.4, -0.2) is 36.4 Å². The molecule has 0 aliphatic rings. The van der Waals surface area contributed by atoms with Crippen molar-refractivity contribution in [2.45, 2.75) is 26.4 Å². The number of hydrogen-bond acceptors (Lipinski definition) is 5. The molecule has 7 heteroatoms. The molecule has 3 rings (SSSR count). The van der Waals surface area contributed by atoms with Gasteiger partial charge in [-0.1, -0.05) is 26.0 Å². The Morgan fingerprint density at radius 3 is 2.95 bits per heavy atom. The van der Waals surface area contributed by atoms with Crippen LogP contribution in [0.4, 0.5) is 0 Å². The van der Waals surface area contributed by atoms with E-state index in [1.807, 2.05) is 30.3 Å². The molecule has 0 saturated carbocycles. The topological polar surface area (TPSA) is 84.3 Å². The van der Waals surface area contributed by atoms with Crippen molar-refractivity contribution in [3.63, 3.8) is 0 Å². The van der Waals surface area contributed by atoms with Crippen molar-refractivity contribution in [1.29, 1.82) is 0 Å². The molecule has 0 amide bonds. The normalized spacial score (nSPS) is 11.2. The largest absolute Gasteiger partial charge is 0.309 e. The van der Waals surface area contributed by atoms with E-state index in [0.29, 0.717) is 6.04 Å². The summed E-state index contributed by atoms with van der Waals surface area (Å²) in [5.41, 5.74) is 3.90. The van der Waals surface area contributed by atoms with Gasteiger partial charge in [-0.15, -0.1) is 5.10 Å². The lowest BCUT2D eigenvalue weighted by Gasteiger charge is -2.04. The van der Waals surface area contributed by atoms with Crippen molar-refractivity contribution in [1.82, 2.24) is 35.7 Å².